The SMILES string of the molecule is CC1(NCC2NC3NCSC3S2)CC2CCCC(C2)C1. The van der Waals surface area contributed by atoms with Gasteiger partial charge in [0.15, 0.2) is 0 Å². The Kier molecular flexibility index (Phi) is 4.01. The largest absolute Gasteiger partial charge is 0.309 e. The Morgan fingerprint density at radius 2 is 2.05 bits per heavy atom. The van der Waals surface area contributed by atoms with E-state index >= 15 is 0 Å². The van der Waals surface area contributed by atoms with E-state index in [1.54, 1.807) is 0 Å². The van der Waals surface area contributed by atoms with Crippen molar-refractivity contribution >= 4 is 23.5 Å². The second-order valence-electron chi connectivity index (χ2n) is 7.40. The van der Waals surface area contributed by atoms with E-state index < -0.39 is 0 Å². The van der Waals surface area contributed by atoms with Crippen molar-refractivity contribution in [2.24, 2.45) is 11.8 Å². The lowest BCUT2D eigenvalue weighted by Crippen LogP contribution is -2.53. The predicted molar refractivity (Wildman–Crippen MR) is 88.8 cm³/mol. The molecule has 0 amide bonds. The Bertz CT molecular complexity index is 341. The summed E-state index contributed by atoms with van der Waals surface area (Å²) in [5, 5.41) is 11.8. The summed E-state index contributed by atoms with van der Waals surface area (Å²) in [7, 11) is 0. The molecular formula is C15H27N3S2. The van der Waals surface area contributed by atoms with E-state index in [2.05, 4.69) is 46.4 Å². The van der Waals surface area contributed by atoms with Gasteiger partial charge in [-0.05, 0) is 38.0 Å². The van der Waals surface area contributed by atoms with Crippen molar-refractivity contribution in [2.75, 3.05) is 12.4 Å². The van der Waals surface area contributed by atoms with Gasteiger partial charge >= 0.3 is 0 Å². The molecule has 2 saturated carbocycles. The molecule has 20 heavy (non-hydrogen) atoms. The topological polar surface area (TPSA) is 36.1 Å². The zero-order valence-electron chi connectivity index (χ0n) is 12.4. The molecule has 5 unspecified atom stereocenters. The van der Waals surface area contributed by atoms with E-state index in [1.807, 2.05) is 0 Å². The van der Waals surface area contributed by atoms with Gasteiger partial charge in [0.25, 0.3) is 0 Å². The third kappa shape index (κ3) is 2.89. The first kappa shape index (κ1) is 14.2. The maximum absolute atomic E-state index is 3.94. The molecule has 5 heteroatoms. The molecule has 2 heterocycles. The van der Waals surface area contributed by atoms with Crippen LogP contribution in [0.1, 0.15) is 45.4 Å². The Balaban J connectivity index is 1.30. The van der Waals surface area contributed by atoms with Crippen molar-refractivity contribution < 1.29 is 0 Å². The molecule has 0 aromatic carbocycles. The number of fused-ring (bicyclic) bond motifs is 3. The van der Waals surface area contributed by atoms with Crippen LogP contribution < -0.4 is 16.0 Å². The van der Waals surface area contributed by atoms with Gasteiger partial charge in [-0.25, -0.2) is 0 Å². The predicted octanol–water partition coefficient (Wildman–Crippen LogP) is 2.54. The molecule has 4 rings (SSSR count). The maximum Gasteiger partial charge on any atom is 0.0816 e. The van der Waals surface area contributed by atoms with Gasteiger partial charge in [0.2, 0.25) is 0 Å². The fourth-order valence-electron chi connectivity index (χ4n) is 4.79. The Morgan fingerprint density at radius 3 is 2.80 bits per heavy atom. The lowest BCUT2D eigenvalue weighted by atomic mass is 9.65. The van der Waals surface area contributed by atoms with Crippen LogP contribution in [-0.2, 0) is 0 Å². The van der Waals surface area contributed by atoms with Gasteiger partial charge in [0.1, 0.15) is 0 Å². The summed E-state index contributed by atoms with van der Waals surface area (Å²) in [6.45, 7) is 3.60. The average molecular weight is 314 g/mol. The third-order valence-electron chi connectivity index (χ3n) is 5.57. The van der Waals surface area contributed by atoms with E-state index in [-0.39, 0.29) is 0 Å². The molecule has 114 valence electrons. The van der Waals surface area contributed by atoms with Crippen LogP contribution in [0.5, 0.6) is 0 Å². The molecule has 4 aliphatic rings. The van der Waals surface area contributed by atoms with Crippen LogP contribution in [0.2, 0.25) is 0 Å². The number of rotatable bonds is 3. The average Bonchev–Trinajstić information content (AvgIpc) is 2.96. The van der Waals surface area contributed by atoms with E-state index in [0.29, 0.717) is 17.1 Å². The summed E-state index contributed by atoms with van der Waals surface area (Å²) < 4.78 is 0.723. The van der Waals surface area contributed by atoms with Crippen molar-refractivity contribution in [1.82, 2.24) is 16.0 Å². The quantitative estimate of drug-likeness (QED) is 0.746. The number of nitrogens with one attached hydrogen (secondary N) is 3. The van der Waals surface area contributed by atoms with Crippen LogP contribution in [0.15, 0.2) is 0 Å². The van der Waals surface area contributed by atoms with Gasteiger partial charge in [0, 0.05) is 18.0 Å². The lowest BCUT2D eigenvalue weighted by Gasteiger charge is -2.46. The van der Waals surface area contributed by atoms with Gasteiger partial charge in [-0.2, -0.15) is 0 Å². The van der Waals surface area contributed by atoms with Crippen molar-refractivity contribution in [2.45, 2.75) is 67.1 Å². The minimum Gasteiger partial charge on any atom is -0.309 e. The molecule has 3 N–H and O–H groups in total. The second kappa shape index (κ2) is 5.65. The molecule has 0 aromatic rings. The van der Waals surface area contributed by atoms with E-state index in [0.717, 1.165) is 28.8 Å². The van der Waals surface area contributed by atoms with Crippen LogP contribution in [0, 0.1) is 11.8 Å². The zero-order chi connectivity index (χ0) is 13.6. The van der Waals surface area contributed by atoms with Crippen LogP contribution in [0.25, 0.3) is 0 Å². The van der Waals surface area contributed by atoms with E-state index in [4.69, 9.17) is 0 Å². The van der Waals surface area contributed by atoms with Gasteiger partial charge in [0.05, 0.1) is 16.1 Å². The fourth-order valence-corrected chi connectivity index (χ4v) is 7.58. The van der Waals surface area contributed by atoms with Gasteiger partial charge in [-0.3, -0.25) is 10.6 Å². The van der Waals surface area contributed by atoms with Crippen LogP contribution in [-0.4, -0.2) is 34.1 Å². The highest BCUT2D eigenvalue weighted by molar-refractivity contribution is 8.17. The van der Waals surface area contributed by atoms with E-state index in [1.165, 1.54) is 38.5 Å². The van der Waals surface area contributed by atoms with Crippen molar-refractivity contribution in [3.63, 3.8) is 0 Å². The first-order valence-corrected chi connectivity index (χ1v) is 10.2. The molecule has 2 aliphatic carbocycles. The van der Waals surface area contributed by atoms with Crippen molar-refractivity contribution in [3.05, 3.63) is 0 Å². The zero-order valence-corrected chi connectivity index (χ0v) is 14.0. The molecule has 0 radical (unpaired) electrons. The summed E-state index contributed by atoms with van der Waals surface area (Å²) >= 11 is 4.17. The van der Waals surface area contributed by atoms with E-state index in [9.17, 15) is 0 Å². The Morgan fingerprint density at radius 1 is 1.25 bits per heavy atom. The smallest absolute Gasteiger partial charge is 0.0816 e. The number of hydrogen-bond donors (Lipinski definition) is 3. The molecule has 0 aromatic heterocycles. The highest BCUT2D eigenvalue weighted by Gasteiger charge is 2.41. The molecule has 2 saturated heterocycles. The molecular weight excluding hydrogens is 286 g/mol. The number of thioether (sulfide) groups is 2. The first-order chi connectivity index (χ1) is 9.70. The standard InChI is InChI=1S/C15H27N3S2/c1-15(6-10-3-2-4-11(5-10)7-15)17-8-12-18-13-14(20-12)19-9-16-13/h10-14,16-18H,2-9H2,1H3. The summed E-state index contributed by atoms with van der Waals surface area (Å²) in [4.78, 5) is 0. The van der Waals surface area contributed by atoms with Gasteiger partial charge < -0.3 is 5.32 Å². The Labute approximate surface area is 131 Å². The molecule has 2 bridgehead atoms. The summed E-state index contributed by atoms with van der Waals surface area (Å²) in [5.41, 5.74) is 0.397. The monoisotopic (exact) mass is 313 g/mol. The van der Waals surface area contributed by atoms with Crippen molar-refractivity contribution in [3.8, 4) is 0 Å². The van der Waals surface area contributed by atoms with Crippen LogP contribution in [0.4, 0.5) is 0 Å². The molecule has 2 aliphatic heterocycles. The van der Waals surface area contributed by atoms with Crippen LogP contribution >= 0.6 is 23.5 Å². The minimum atomic E-state index is 0.397. The molecule has 0 spiro atoms. The van der Waals surface area contributed by atoms with Gasteiger partial charge in [-0.1, -0.05) is 19.3 Å². The maximum atomic E-state index is 3.94. The van der Waals surface area contributed by atoms with Crippen LogP contribution in [0.3, 0.4) is 0 Å². The summed E-state index contributed by atoms with van der Waals surface area (Å²) in [5.74, 6) is 3.11. The first-order valence-electron chi connectivity index (χ1n) is 8.22. The summed E-state index contributed by atoms with van der Waals surface area (Å²) in [6, 6.07) is 0. The fraction of sp³-hybridized carbons (Fsp3) is 1.00. The molecule has 4 fully saturated rings. The molecule has 3 nitrogen and oxygen atoms in total. The Hall–Kier alpha value is 0.580. The normalized spacial score (nSPS) is 51.1. The second-order valence-corrected chi connectivity index (χ2v) is 10.2. The number of hydrogen-bond acceptors (Lipinski definition) is 5. The van der Waals surface area contributed by atoms with Crippen molar-refractivity contribution in [1.29, 1.82) is 0 Å². The minimum absolute atomic E-state index is 0.397. The third-order valence-corrected chi connectivity index (χ3v) is 8.42. The summed E-state index contributed by atoms with van der Waals surface area (Å²) in [6.07, 6.45) is 9.30. The molecule has 5 atom stereocenters. The lowest BCUT2D eigenvalue weighted by molar-refractivity contribution is 0.0990. The highest BCUT2D eigenvalue weighted by atomic mass is 32.2. The highest BCUT2D eigenvalue weighted by Crippen LogP contribution is 2.44. The van der Waals surface area contributed by atoms with Gasteiger partial charge in [-0.15, -0.1) is 23.5 Å².